The zero-order valence-corrected chi connectivity index (χ0v) is 14.0. The molecule has 1 fully saturated rings. The van der Waals surface area contributed by atoms with Crippen molar-refractivity contribution >= 4 is 27.8 Å². The third-order valence-electron chi connectivity index (χ3n) is 4.03. The molecule has 1 aromatic rings. The van der Waals surface area contributed by atoms with E-state index in [4.69, 9.17) is 5.11 Å². The molecule has 1 aromatic carbocycles. The number of aliphatic carboxylic acids is 1. The van der Waals surface area contributed by atoms with Gasteiger partial charge in [0.1, 0.15) is 5.82 Å². The van der Waals surface area contributed by atoms with Crippen LogP contribution in [-0.4, -0.2) is 35.0 Å². The molecule has 1 amide bonds. The van der Waals surface area contributed by atoms with Crippen LogP contribution in [-0.2, 0) is 16.0 Å². The molecule has 0 radical (unpaired) electrons. The molecule has 2 atom stereocenters. The van der Waals surface area contributed by atoms with E-state index in [9.17, 15) is 14.0 Å². The predicted octanol–water partition coefficient (Wildman–Crippen LogP) is 3.09. The van der Waals surface area contributed by atoms with Crippen LogP contribution in [0.3, 0.4) is 0 Å². The van der Waals surface area contributed by atoms with E-state index in [0.717, 1.165) is 12.0 Å². The second-order valence-corrected chi connectivity index (χ2v) is 6.67. The van der Waals surface area contributed by atoms with Crippen LogP contribution in [0.25, 0.3) is 0 Å². The fourth-order valence-electron chi connectivity index (χ4n) is 2.80. The van der Waals surface area contributed by atoms with Gasteiger partial charge < -0.3 is 10.0 Å². The topological polar surface area (TPSA) is 57.6 Å². The van der Waals surface area contributed by atoms with Crippen LogP contribution in [0.4, 0.5) is 4.39 Å². The Morgan fingerprint density at radius 2 is 2.23 bits per heavy atom. The average Bonchev–Trinajstić information content (AvgIpc) is 2.50. The Labute approximate surface area is 137 Å². The summed E-state index contributed by atoms with van der Waals surface area (Å²) in [5.74, 6) is -1.93. The van der Waals surface area contributed by atoms with Gasteiger partial charge in [0.25, 0.3) is 0 Å². The van der Waals surface area contributed by atoms with Crippen molar-refractivity contribution in [2.45, 2.75) is 26.2 Å². The molecule has 0 aliphatic carbocycles. The number of halogens is 2. The molecule has 4 nitrogen and oxygen atoms in total. The van der Waals surface area contributed by atoms with Crippen molar-refractivity contribution < 1.29 is 19.1 Å². The van der Waals surface area contributed by atoms with E-state index >= 15 is 0 Å². The molecule has 0 unspecified atom stereocenters. The predicted molar refractivity (Wildman–Crippen MR) is 83.9 cm³/mol. The summed E-state index contributed by atoms with van der Waals surface area (Å²) in [4.78, 5) is 25.2. The smallest absolute Gasteiger partial charge is 0.308 e. The van der Waals surface area contributed by atoms with E-state index in [2.05, 4.69) is 15.9 Å². The first kappa shape index (κ1) is 16.9. The Bertz CT molecular complexity index is 579. The molecule has 0 bridgehead atoms. The molecule has 6 heteroatoms. The van der Waals surface area contributed by atoms with Gasteiger partial charge in [0, 0.05) is 19.0 Å². The summed E-state index contributed by atoms with van der Waals surface area (Å²) in [6.45, 7) is 2.72. The molecule has 1 N–H and O–H groups in total. The highest BCUT2D eigenvalue weighted by Crippen LogP contribution is 2.22. The highest BCUT2D eigenvalue weighted by Gasteiger charge is 2.30. The van der Waals surface area contributed by atoms with Crippen molar-refractivity contribution in [1.82, 2.24) is 4.90 Å². The van der Waals surface area contributed by atoms with E-state index in [1.807, 2.05) is 6.92 Å². The van der Waals surface area contributed by atoms with Gasteiger partial charge in [-0.05, 0) is 52.9 Å². The molecule has 1 saturated heterocycles. The lowest BCUT2D eigenvalue weighted by molar-refractivity contribution is -0.146. The number of piperidine rings is 1. The Morgan fingerprint density at radius 1 is 1.50 bits per heavy atom. The summed E-state index contributed by atoms with van der Waals surface area (Å²) < 4.78 is 13.6. The molecular formula is C16H19BrFNO3. The van der Waals surface area contributed by atoms with Gasteiger partial charge in [-0.15, -0.1) is 0 Å². The minimum Gasteiger partial charge on any atom is -0.481 e. The molecular weight excluding hydrogens is 353 g/mol. The lowest BCUT2D eigenvalue weighted by atomic mass is 9.95. The fourth-order valence-corrected chi connectivity index (χ4v) is 3.22. The first-order valence-corrected chi connectivity index (χ1v) is 8.13. The molecule has 1 aliphatic heterocycles. The number of carbonyl (C=O) groups is 2. The van der Waals surface area contributed by atoms with Crippen LogP contribution in [0.2, 0.25) is 0 Å². The summed E-state index contributed by atoms with van der Waals surface area (Å²) in [6.07, 6.45) is 1.85. The molecule has 2 rings (SSSR count). The number of benzene rings is 1. The maximum absolute atomic E-state index is 13.2. The van der Waals surface area contributed by atoms with Crippen molar-refractivity contribution in [3.63, 3.8) is 0 Å². The second kappa shape index (κ2) is 7.22. The number of hydrogen-bond donors (Lipinski definition) is 1. The van der Waals surface area contributed by atoms with Gasteiger partial charge in [0.05, 0.1) is 10.4 Å². The molecule has 0 aromatic heterocycles. The largest absolute Gasteiger partial charge is 0.481 e. The monoisotopic (exact) mass is 371 g/mol. The zero-order chi connectivity index (χ0) is 16.3. The summed E-state index contributed by atoms with van der Waals surface area (Å²) in [5.41, 5.74) is 0.876. The molecule has 0 spiro atoms. The standard InChI is InChI=1S/C16H19BrFNO3/c1-10(7-11-4-5-14(18)13(17)8-11)15(20)19-6-2-3-12(9-19)16(21)22/h4-5,8,10,12H,2-3,6-7,9H2,1H3,(H,21,22)/t10-,12-/m1/s1. The van der Waals surface area contributed by atoms with Gasteiger partial charge in [-0.25, -0.2) is 4.39 Å². The number of hydrogen-bond acceptors (Lipinski definition) is 2. The summed E-state index contributed by atoms with van der Waals surface area (Å²) in [5, 5.41) is 9.09. The lowest BCUT2D eigenvalue weighted by Crippen LogP contribution is -2.44. The maximum Gasteiger partial charge on any atom is 0.308 e. The minimum absolute atomic E-state index is 0.0357. The van der Waals surface area contributed by atoms with Crippen molar-refractivity contribution in [1.29, 1.82) is 0 Å². The van der Waals surface area contributed by atoms with Crippen LogP contribution < -0.4 is 0 Å². The molecule has 0 saturated carbocycles. The number of carbonyl (C=O) groups excluding carboxylic acids is 1. The Kier molecular flexibility index (Phi) is 5.56. The number of likely N-dealkylation sites (tertiary alicyclic amines) is 1. The molecule has 1 heterocycles. The minimum atomic E-state index is -0.840. The first-order valence-electron chi connectivity index (χ1n) is 7.34. The third kappa shape index (κ3) is 4.06. The van der Waals surface area contributed by atoms with Crippen molar-refractivity contribution in [2.24, 2.45) is 11.8 Å². The summed E-state index contributed by atoms with van der Waals surface area (Å²) in [6, 6.07) is 4.72. The number of carboxylic acid groups (broad SMARTS) is 1. The molecule has 1 aliphatic rings. The quantitative estimate of drug-likeness (QED) is 0.884. The number of amides is 1. The number of nitrogens with zero attached hydrogens (tertiary/aromatic N) is 1. The molecule has 120 valence electrons. The molecule has 22 heavy (non-hydrogen) atoms. The van der Waals surface area contributed by atoms with Gasteiger partial charge in [-0.2, -0.15) is 0 Å². The van der Waals surface area contributed by atoms with Gasteiger partial charge in [-0.1, -0.05) is 13.0 Å². The van der Waals surface area contributed by atoms with Gasteiger partial charge in [0.15, 0.2) is 0 Å². The van der Waals surface area contributed by atoms with Crippen LogP contribution >= 0.6 is 15.9 Å². The highest BCUT2D eigenvalue weighted by molar-refractivity contribution is 9.10. The van der Waals surface area contributed by atoms with E-state index in [1.165, 1.54) is 6.07 Å². The maximum atomic E-state index is 13.2. The SMILES string of the molecule is C[C@H](Cc1ccc(F)c(Br)c1)C(=O)N1CCC[C@@H](C(=O)O)C1. The highest BCUT2D eigenvalue weighted by atomic mass is 79.9. The summed E-state index contributed by atoms with van der Waals surface area (Å²) >= 11 is 3.14. The van der Waals surface area contributed by atoms with Gasteiger partial charge in [0.2, 0.25) is 5.91 Å². The van der Waals surface area contributed by atoms with Crippen LogP contribution in [0.15, 0.2) is 22.7 Å². The van der Waals surface area contributed by atoms with Crippen LogP contribution in [0.5, 0.6) is 0 Å². The average molecular weight is 372 g/mol. The van der Waals surface area contributed by atoms with E-state index in [-0.39, 0.29) is 24.2 Å². The second-order valence-electron chi connectivity index (χ2n) is 5.82. The van der Waals surface area contributed by atoms with Crippen LogP contribution in [0, 0.1) is 17.7 Å². The van der Waals surface area contributed by atoms with Crippen molar-refractivity contribution in [3.8, 4) is 0 Å². The zero-order valence-electron chi connectivity index (χ0n) is 12.4. The first-order chi connectivity index (χ1) is 10.4. The summed E-state index contributed by atoms with van der Waals surface area (Å²) in [7, 11) is 0. The van der Waals surface area contributed by atoms with E-state index in [1.54, 1.807) is 17.0 Å². The van der Waals surface area contributed by atoms with Crippen molar-refractivity contribution in [3.05, 3.63) is 34.1 Å². The lowest BCUT2D eigenvalue weighted by Gasteiger charge is -2.32. The number of carboxylic acids is 1. The third-order valence-corrected chi connectivity index (χ3v) is 4.64. The van der Waals surface area contributed by atoms with Crippen molar-refractivity contribution in [2.75, 3.05) is 13.1 Å². The Hall–Kier alpha value is -1.43. The number of rotatable bonds is 4. The van der Waals surface area contributed by atoms with E-state index in [0.29, 0.717) is 23.9 Å². The Morgan fingerprint density at radius 3 is 2.86 bits per heavy atom. The van der Waals surface area contributed by atoms with Gasteiger partial charge in [-0.3, -0.25) is 9.59 Å². The van der Waals surface area contributed by atoms with Gasteiger partial charge >= 0.3 is 5.97 Å². The van der Waals surface area contributed by atoms with Crippen LogP contribution in [0.1, 0.15) is 25.3 Å². The normalized spacial score (nSPS) is 19.8. The fraction of sp³-hybridized carbons (Fsp3) is 0.500. The Balaban J connectivity index is 1.99. The van der Waals surface area contributed by atoms with E-state index < -0.39 is 11.9 Å².